The predicted molar refractivity (Wildman–Crippen MR) is 132 cm³/mol. The normalized spacial score (nSPS) is 11.0. The molecule has 32 heavy (non-hydrogen) atoms. The zero-order valence-electron chi connectivity index (χ0n) is 21.4. The maximum atomic E-state index is 11.0. The highest BCUT2D eigenvalue weighted by Gasteiger charge is 2.01. The minimum Gasteiger partial charge on any atom is -0.469 e. The topological polar surface area (TPSA) is 59.1 Å². The molecule has 0 unspecified atom stereocenters. The number of esters is 2. The number of nitrogens with zero attached hydrogens (tertiary/aromatic N) is 2. The first-order valence-corrected chi connectivity index (χ1v) is 12.7. The Morgan fingerprint density at radius 3 is 1.12 bits per heavy atom. The van der Waals surface area contributed by atoms with E-state index in [1.54, 1.807) is 0 Å². The van der Waals surface area contributed by atoms with E-state index in [1.807, 2.05) is 0 Å². The first kappa shape index (κ1) is 30.3. The van der Waals surface area contributed by atoms with Crippen LogP contribution in [0.4, 0.5) is 0 Å². The molecule has 0 aromatic rings. The number of methoxy groups -OCH3 is 2. The summed E-state index contributed by atoms with van der Waals surface area (Å²) in [5.41, 5.74) is 0. The number of hydrogen-bond acceptors (Lipinski definition) is 6. The van der Waals surface area contributed by atoms with Crippen molar-refractivity contribution in [1.29, 1.82) is 0 Å². The number of ether oxygens (including phenoxy) is 2. The molecule has 0 heterocycles. The van der Waals surface area contributed by atoms with Crippen LogP contribution in [0.3, 0.4) is 0 Å². The maximum Gasteiger partial charge on any atom is 0.305 e. The quantitative estimate of drug-likeness (QED) is 0.150. The van der Waals surface area contributed by atoms with E-state index in [0.29, 0.717) is 12.8 Å². The van der Waals surface area contributed by atoms with Gasteiger partial charge in [0.05, 0.1) is 14.2 Å². The third-order valence-corrected chi connectivity index (χ3v) is 5.81. The molecule has 188 valence electrons. The van der Waals surface area contributed by atoms with E-state index in [1.165, 1.54) is 78.4 Å². The van der Waals surface area contributed by atoms with Crippen molar-refractivity contribution in [2.45, 2.75) is 103 Å². The molecule has 0 rings (SSSR count). The summed E-state index contributed by atoms with van der Waals surface area (Å²) >= 11 is 0. The van der Waals surface area contributed by atoms with Crippen LogP contribution >= 0.6 is 0 Å². The monoisotopic (exact) mass is 454 g/mol. The Balaban J connectivity index is 3.46. The molecule has 6 nitrogen and oxygen atoms in total. The van der Waals surface area contributed by atoms with Gasteiger partial charge in [-0.25, -0.2) is 0 Å². The van der Waals surface area contributed by atoms with Gasteiger partial charge in [-0.1, -0.05) is 64.2 Å². The van der Waals surface area contributed by atoms with E-state index in [2.05, 4.69) is 45.8 Å². The van der Waals surface area contributed by atoms with Crippen molar-refractivity contribution in [2.75, 3.05) is 41.4 Å². The van der Waals surface area contributed by atoms with Gasteiger partial charge in [0, 0.05) is 52.4 Å². The Kier molecular flexibility index (Phi) is 21.3. The van der Waals surface area contributed by atoms with Crippen molar-refractivity contribution in [1.82, 2.24) is 9.80 Å². The molecule has 6 heteroatoms. The molecular weight excluding hydrogens is 404 g/mol. The van der Waals surface area contributed by atoms with Crippen LogP contribution in [0.1, 0.15) is 103 Å². The van der Waals surface area contributed by atoms with Crippen molar-refractivity contribution >= 4 is 11.9 Å². The van der Waals surface area contributed by atoms with E-state index >= 15 is 0 Å². The molecule has 0 saturated heterocycles. The molecular formula is C26H50N2O4. The lowest BCUT2D eigenvalue weighted by atomic mass is 10.1. The lowest BCUT2D eigenvalue weighted by molar-refractivity contribution is -0.141. The fraction of sp³-hybridized carbons (Fsp3) is 0.846. The fourth-order valence-electron chi connectivity index (χ4n) is 3.61. The lowest BCUT2D eigenvalue weighted by Gasteiger charge is -2.18. The smallest absolute Gasteiger partial charge is 0.305 e. The van der Waals surface area contributed by atoms with Gasteiger partial charge in [-0.2, -0.15) is 0 Å². The van der Waals surface area contributed by atoms with Crippen LogP contribution < -0.4 is 0 Å². The van der Waals surface area contributed by atoms with Crippen LogP contribution in [0.5, 0.6) is 0 Å². The molecule has 0 atom stereocenters. The zero-order chi connectivity index (χ0) is 23.9. The molecule has 0 aliphatic carbocycles. The van der Waals surface area contributed by atoms with Gasteiger partial charge in [-0.05, 0) is 25.7 Å². The van der Waals surface area contributed by atoms with Crippen molar-refractivity contribution in [2.24, 2.45) is 0 Å². The average molecular weight is 455 g/mol. The number of unbranched alkanes of at least 4 members (excludes halogenated alkanes) is 12. The Hall–Kier alpha value is -1.72. The minimum absolute atomic E-state index is 0.0905. The van der Waals surface area contributed by atoms with Gasteiger partial charge in [-0.3, -0.25) is 9.59 Å². The summed E-state index contributed by atoms with van der Waals surface area (Å²) in [6.45, 7) is 2.20. The Morgan fingerprint density at radius 2 is 0.812 bits per heavy atom. The van der Waals surface area contributed by atoms with Gasteiger partial charge in [0.15, 0.2) is 0 Å². The van der Waals surface area contributed by atoms with Gasteiger partial charge in [0.2, 0.25) is 0 Å². The molecule has 0 aromatic heterocycles. The SMILES string of the molecule is COC(=O)CCCCCCCCCN(C)/C=C/N(C)CCCCCCCCCC(=O)OC. The van der Waals surface area contributed by atoms with Crippen LogP contribution in [0, 0.1) is 0 Å². The highest BCUT2D eigenvalue weighted by atomic mass is 16.5. The first-order chi connectivity index (χ1) is 15.5. The average Bonchev–Trinajstić information content (AvgIpc) is 2.79. The minimum atomic E-state index is -0.0905. The summed E-state index contributed by atoms with van der Waals surface area (Å²) in [7, 11) is 7.21. The summed E-state index contributed by atoms with van der Waals surface area (Å²) in [6, 6.07) is 0. The summed E-state index contributed by atoms with van der Waals surface area (Å²) < 4.78 is 9.31. The molecule has 0 fully saturated rings. The van der Waals surface area contributed by atoms with E-state index in [4.69, 9.17) is 0 Å². The molecule has 0 aliphatic heterocycles. The Morgan fingerprint density at radius 1 is 0.531 bits per heavy atom. The van der Waals surface area contributed by atoms with Gasteiger partial charge in [-0.15, -0.1) is 0 Å². The van der Waals surface area contributed by atoms with Gasteiger partial charge >= 0.3 is 11.9 Å². The van der Waals surface area contributed by atoms with E-state index < -0.39 is 0 Å². The fourth-order valence-corrected chi connectivity index (χ4v) is 3.61. The highest BCUT2D eigenvalue weighted by molar-refractivity contribution is 5.69. The van der Waals surface area contributed by atoms with Crippen molar-refractivity contribution in [3.05, 3.63) is 12.4 Å². The summed E-state index contributed by atoms with van der Waals surface area (Å²) in [4.78, 5) is 26.6. The van der Waals surface area contributed by atoms with Crippen LogP contribution in [0.2, 0.25) is 0 Å². The van der Waals surface area contributed by atoms with E-state index in [0.717, 1.165) is 38.8 Å². The summed E-state index contributed by atoms with van der Waals surface area (Å²) in [5.74, 6) is -0.181. The standard InChI is InChI=1S/C26H50N2O4/c1-27(21-17-13-9-5-7-11-15-19-25(29)31-3)23-24-28(2)22-18-14-10-6-8-12-16-20-26(30)32-4/h23-24H,5-22H2,1-4H3/b24-23+. The Bertz CT molecular complexity index is 440. The van der Waals surface area contributed by atoms with Gasteiger partial charge in [0.1, 0.15) is 0 Å². The van der Waals surface area contributed by atoms with E-state index in [-0.39, 0.29) is 11.9 Å². The van der Waals surface area contributed by atoms with Crippen LogP contribution in [0.25, 0.3) is 0 Å². The summed E-state index contributed by atoms with van der Waals surface area (Å²) in [6.07, 6.45) is 22.2. The van der Waals surface area contributed by atoms with Gasteiger partial charge in [0.25, 0.3) is 0 Å². The molecule has 0 N–H and O–H groups in total. The zero-order valence-corrected chi connectivity index (χ0v) is 21.4. The molecule has 0 aliphatic rings. The van der Waals surface area contributed by atoms with Crippen molar-refractivity contribution in [3.63, 3.8) is 0 Å². The number of carbonyl (C=O) groups excluding carboxylic acids is 2. The molecule has 0 spiro atoms. The first-order valence-electron chi connectivity index (χ1n) is 12.7. The highest BCUT2D eigenvalue weighted by Crippen LogP contribution is 2.10. The molecule has 0 radical (unpaired) electrons. The van der Waals surface area contributed by atoms with Crippen LogP contribution in [-0.2, 0) is 19.1 Å². The third-order valence-electron chi connectivity index (χ3n) is 5.81. The molecule has 0 amide bonds. The van der Waals surface area contributed by atoms with Crippen molar-refractivity contribution < 1.29 is 19.1 Å². The Labute approximate surface area is 197 Å². The second-order valence-corrected chi connectivity index (χ2v) is 8.86. The number of rotatable bonds is 22. The third kappa shape index (κ3) is 21.5. The molecule has 0 bridgehead atoms. The number of carbonyl (C=O) groups is 2. The predicted octanol–water partition coefficient (Wildman–Crippen LogP) is 5.91. The second-order valence-electron chi connectivity index (χ2n) is 8.86. The maximum absolute atomic E-state index is 11.0. The number of hydrogen-bond donors (Lipinski definition) is 0. The lowest BCUT2D eigenvalue weighted by Crippen LogP contribution is -2.17. The van der Waals surface area contributed by atoms with Crippen LogP contribution in [-0.4, -0.2) is 63.1 Å². The van der Waals surface area contributed by atoms with Crippen molar-refractivity contribution in [3.8, 4) is 0 Å². The van der Waals surface area contributed by atoms with E-state index in [9.17, 15) is 9.59 Å². The van der Waals surface area contributed by atoms with Gasteiger partial charge < -0.3 is 19.3 Å². The molecule has 0 saturated carbocycles. The summed E-state index contributed by atoms with van der Waals surface area (Å²) in [5, 5.41) is 0. The molecule has 0 aromatic carbocycles. The van der Waals surface area contributed by atoms with Crippen LogP contribution in [0.15, 0.2) is 12.4 Å². The largest absolute Gasteiger partial charge is 0.469 e. The second kappa shape index (κ2) is 22.5.